The van der Waals surface area contributed by atoms with Gasteiger partial charge in [-0.1, -0.05) is 11.2 Å². The quantitative estimate of drug-likeness (QED) is 0.353. The second-order valence-corrected chi connectivity index (χ2v) is 6.85. The number of oxime groups is 1. The maximum Gasteiger partial charge on any atom is 0.307 e. The summed E-state index contributed by atoms with van der Waals surface area (Å²) in [7, 11) is 2.52. The minimum atomic E-state index is -0.602. The number of carbonyl (C=O) groups excluding carboxylic acids is 3. The van der Waals surface area contributed by atoms with Gasteiger partial charge in [0.2, 0.25) is 0 Å². The fourth-order valence-corrected chi connectivity index (χ4v) is 3.00. The minimum Gasteiger partial charge on any atom is -0.469 e. The zero-order valence-electron chi connectivity index (χ0n) is 16.3. The fraction of sp³-hybridized carbons (Fsp3) is 0.389. The van der Waals surface area contributed by atoms with Crippen molar-refractivity contribution in [2.45, 2.75) is 25.8 Å². The van der Waals surface area contributed by atoms with Gasteiger partial charge in [0.15, 0.2) is 6.61 Å². The Kier molecular flexibility index (Phi) is 8.34. The number of rotatable bonds is 10. The summed E-state index contributed by atoms with van der Waals surface area (Å²) in [4.78, 5) is 41.2. The molecule has 156 valence electrons. The molecule has 0 aliphatic carbocycles. The van der Waals surface area contributed by atoms with Crippen molar-refractivity contribution in [3.05, 3.63) is 34.8 Å². The van der Waals surface area contributed by atoms with E-state index < -0.39 is 23.9 Å². The van der Waals surface area contributed by atoms with Gasteiger partial charge in [0.05, 0.1) is 55.6 Å². The molecular formula is C18H22N4O6S. The molecule has 0 bridgehead atoms. The van der Waals surface area contributed by atoms with Crippen molar-refractivity contribution in [1.29, 1.82) is 0 Å². The standard InChI is InChI=1S/C18H22N4O6S/c1-12(15-5-4-6-29-15)21-28-11-16(23)20-13-9-19-22(10-13)14(7-17(24)26-2)8-18(25)27-3/h4-6,9-10,14H,7-8,11H2,1-3H3,(H,20,23). The third kappa shape index (κ3) is 7.03. The predicted octanol–water partition coefficient (Wildman–Crippen LogP) is 1.99. The van der Waals surface area contributed by atoms with E-state index in [0.29, 0.717) is 11.4 Å². The Balaban J connectivity index is 1.92. The number of aromatic nitrogens is 2. The van der Waals surface area contributed by atoms with Crippen molar-refractivity contribution in [1.82, 2.24) is 9.78 Å². The lowest BCUT2D eigenvalue weighted by atomic mass is 10.1. The molecule has 0 saturated heterocycles. The van der Waals surface area contributed by atoms with Gasteiger partial charge < -0.3 is 19.6 Å². The highest BCUT2D eigenvalue weighted by atomic mass is 32.1. The van der Waals surface area contributed by atoms with Gasteiger partial charge in [-0.2, -0.15) is 5.10 Å². The summed E-state index contributed by atoms with van der Waals surface area (Å²) in [6.07, 6.45) is 2.77. The van der Waals surface area contributed by atoms with Gasteiger partial charge in [-0.15, -0.1) is 11.3 Å². The number of methoxy groups -OCH3 is 2. The Labute approximate surface area is 171 Å². The van der Waals surface area contributed by atoms with Crippen LogP contribution >= 0.6 is 11.3 Å². The Morgan fingerprint density at radius 3 is 2.52 bits per heavy atom. The van der Waals surface area contributed by atoms with Gasteiger partial charge in [0.25, 0.3) is 5.91 Å². The number of nitrogens with zero attached hydrogens (tertiary/aromatic N) is 3. The third-order valence-electron chi connectivity index (χ3n) is 3.79. The van der Waals surface area contributed by atoms with Crippen LogP contribution in [0.5, 0.6) is 0 Å². The first-order valence-corrected chi connectivity index (χ1v) is 9.49. The van der Waals surface area contributed by atoms with Crippen LogP contribution in [0.15, 0.2) is 35.1 Å². The van der Waals surface area contributed by atoms with Gasteiger partial charge >= 0.3 is 11.9 Å². The Hall–Kier alpha value is -3.21. The number of thiophene rings is 1. The van der Waals surface area contributed by atoms with E-state index in [1.54, 1.807) is 6.92 Å². The summed E-state index contributed by atoms with van der Waals surface area (Å²) in [6, 6.07) is 3.20. The summed E-state index contributed by atoms with van der Waals surface area (Å²) in [5.74, 6) is -1.41. The van der Waals surface area contributed by atoms with Crippen LogP contribution in [0, 0.1) is 0 Å². The highest BCUT2D eigenvalue weighted by Crippen LogP contribution is 2.19. The van der Waals surface area contributed by atoms with Crippen LogP contribution < -0.4 is 5.32 Å². The number of carbonyl (C=O) groups is 3. The second-order valence-electron chi connectivity index (χ2n) is 5.90. The maximum absolute atomic E-state index is 12.0. The SMILES string of the molecule is COC(=O)CC(CC(=O)OC)n1cc(NC(=O)CON=C(C)c2cccs2)cn1. The van der Waals surface area contributed by atoms with Crippen LogP contribution in [0.1, 0.15) is 30.7 Å². The topological polar surface area (TPSA) is 121 Å². The maximum atomic E-state index is 12.0. The largest absolute Gasteiger partial charge is 0.469 e. The van der Waals surface area contributed by atoms with E-state index in [9.17, 15) is 14.4 Å². The van der Waals surface area contributed by atoms with Crippen molar-refractivity contribution in [3.8, 4) is 0 Å². The summed E-state index contributed by atoms with van der Waals surface area (Å²) < 4.78 is 10.7. The minimum absolute atomic E-state index is 0.0690. The lowest BCUT2D eigenvalue weighted by Gasteiger charge is -2.15. The third-order valence-corrected chi connectivity index (χ3v) is 4.77. The van der Waals surface area contributed by atoms with E-state index in [1.807, 2.05) is 17.5 Å². The van der Waals surface area contributed by atoms with Crippen molar-refractivity contribution in [2.75, 3.05) is 26.1 Å². The van der Waals surface area contributed by atoms with Crippen LogP contribution in [0.4, 0.5) is 5.69 Å². The summed E-state index contributed by atoms with van der Waals surface area (Å²) >= 11 is 1.52. The summed E-state index contributed by atoms with van der Waals surface area (Å²) in [5, 5.41) is 12.6. The normalized spacial score (nSPS) is 11.2. The highest BCUT2D eigenvalue weighted by molar-refractivity contribution is 7.12. The predicted molar refractivity (Wildman–Crippen MR) is 106 cm³/mol. The van der Waals surface area contributed by atoms with E-state index in [4.69, 9.17) is 4.84 Å². The Morgan fingerprint density at radius 1 is 1.24 bits per heavy atom. The molecule has 10 nitrogen and oxygen atoms in total. The molecule has 0 atom stereocenters. The monoisotopic (exact) mass is 422 g/mol. The number of amides is 1. The zero-order valence-corrected chi connectivity index (χ0v) is 17.1. The van der Waals surface area contributed by atoms with E-state index in [-0.39, 0.29) is 19.4 Å². The van der Waals surface area contributed by atoms with Gasteiger partial charge in [0, 0.05) is 6.20 Å². The molecule has 0 unspecified atom stereocenters. The smallest absolute Gasteiger partial charge is 0.307 e. The van der Waals surface area contributed by atoms with E-state index in [1.165, 1.54) is 42.6 Å². The van der Waals surface area contributed by atoms with Crippen LogP contribution in [-0.4, -0.2) is 54.2 Å². The first kappa shape index (κ1) is 22.1. The summed E-state index contributed by atoms with van der Waals surface area (Å²) in [6.45, 7) is 1.51. The molecule has 0 saturated carbocycles. The Morgan fingerprint density at radius 2 is 1.93 bits per heavy atom. The molecule has 2 rings (SSSR count). The molecule has 0 aromatic carbocycles. The molecule has 0 aliphatic rings. The van der Waals surface area contributed by atoms with E-state index >= 15 is 0 Å². The van der Waals surface area contributed by atoms with Crippen molar-refractivity contribution in [2.24, 2.45) is 5.16 Å². The zero-order chi connectivity index (χ0) is 21.2. The molecular weight excluding hydrogens is 400 g/mol. The molecule has 1 amide bonds. The lowest BCUT2D eigenvalue weighted by molar-refractivity contribution is -0.144. The summed E-state index contributed by atoms with van der Waals surface area (Å²) in [5.41, 5.74) is 1.06. The molecule has 1 N–H and O–H groups in total. The molecule has 2 aromatic heterocycles. The van der Waals surface area contributed by atoms with Gasteiger partial charge in [0.1, 0.15) is 0 Å². The molecule has 11 heteroatoms. The molecule has 0 spiro atoms. The molecule has 0 aliphatic heterocycles. The van der Waals surface area contributed by atoms with E-state index in [2.05, 4.69) is 25.0 Å². The number of hydrogen-bond acceptors (Lipinski definition) is 9. The van der Waals surface area contributed by atoms with Gasteiger partial charge in [-0.25, -0.2) is 0 Å². The van der Waals surface area contributed by atoms with Crippen molar-refractivity contribution in [3.63, 3.8) is 0 Å². The first-order chi connectivity index (χ1) is 13.9. The number of anilines is 1. The number of ether oxygens (including phenoxy) is 2. The van der Waals surface area contributed by atoms with Crippen LogP contribution in [-0.2, 0) is 28.7 Å². The molecule has 29 heavy (non-hydrogen) atoms. The molecule has 0 fully saturated rings. The number of hydrogen-bond donors (Lipinski definition) is 1. The second kappa shape index (κ2) is 11.0. The average molecular weight is 422 g/mol. The highest BCUT2D eigenvalue weighted by Gasteiger charge is 2.21. The first-order valence-electron chi connectivity index (χ1n) is 8.61. The molecule has 2 heterocycles. The van der Waals surface area contributed by atoms with Gasteiger partial charge in [-0.3, -0.25) is 19.1 Å². The van der Waals surface area contributed by atoms with Crippen molar-refractivity contribution >= 4 is 40.6 Å². The number of nitrogens with one attached hydrogen (secondary N) is 1. The number of esters is 2. The fourth-order valence-electron chi connectivity index (χ4n) is 2.33. The van der Waals surface area contributed by atoms with Gasteiger partial charge in [-0.05, 0) is 18.4 Å². The van der Waals surface area contributed by atoms with Crippen LogP contribution in [0.2, 0.25) is 0 Å². The molecule has 2 aromatic rings. The van der Waals surface area contributed by atoms with Crippen LogP contribution in [0.25, 0.3) is 0 Å². The molecule has 0 radical (unpaired) electrons. The van der Waals surface area contributed by atoms with Crippen molar-refractivity contribution < 1.29 is 28.7 Å². The Bertz CT molecular complexity index is 844. The van der Waals surface area contributed by atoms with Crippen LogP contribution in [0.3, 0.4) is 0 Å². The lowest BCUT2D eigenvalue weighted by Crippen LogP contribution is -2.20. The average Bonchev–Trinajstić information content (AvgIpc) is 3.39. The van der Waals surface area contributed by atoms with E-state index in [0.717, 1.165) is 4.88 Å².